The number of aromatic nitrogens is 1. The summed E-state index contributed by atoms with van der Waals surface area (Å²) in [5.41, 5.74) is 1.53. The fraction of sp³-hybridized carbons (Fsp3) is 0.375. The largest absolute Gasteiger partial charge is 0.435 e. The summed E-state index contributed by atoms with van der Waals surface area (Å²) in [6.45, 7) is 0. The van der Waals surface area contributed by atoms with Gasteiger partial charge in [0, 0.05) is 10.9 Å². The first-order chi connectivity index (χ1) is 7.27. The first-order valence-corrected chi connectivity index (χ1v) is 5.10. The van der Waals surface area contributed by atoms with Crippen molar-refractivity contribution in [2.75, 3.05) is 5.73 Å². The normalized spacial score (nSPS) is 12.2. The van der Waals surface area contributed by atoms with Gasteiger partial charge in [-0.05, 0) is 6.07 Å². The van der Waals surface area contributed by atoms with Crippen LogP contribution < -0.4 is 5.73 Å². The number of hydrogen-bond donors (Lipinski definition) is 1. The Hall–Kier alpha value is -0.920. The van der Waals surface area contributed by atoms with Crippen LogP contribution in [0.3, 0.4) is 0 Å². The summed E-state index contributed by atoms with van der Waals surface area (Å²) in [5.74, 6) is 0. The number of alkyl halides is 6. The van der Waals surface area contributed by atoms with Crippen LogP contribution in [0.15, 0.2) is 6.07 Å². The summed E-state index contributed by atoms with van der Waals surface area (Å²) in [6.07, 6.45) is -7.91. The van der Waals surface area contributed by atoms with Crippen molar-refractivity contribution >= 4 is 21.6 Å². The highest BCUT2D eigenvalue weighted by atomic mass is 79.9. The number of nitrogens with two attached hydrogens (primary N) is 1. The summed E-state index contributed by atoms with van der Waals surface area (Å²) in [4.78, 5) is 3.17. The predicted molar refractivity (Wildman–Crippen MR) is 51.2 cm³/mol. The fourth-order valence-corrected chi connectivity index (χ4v) is 1.38. The average Bonchev–Trinajstić information content (AvgIpc) is 2.15. The predicted octanol–water partition coefficient (Wildman–Crippen LogP) is 3.52. The van der Waals surface area contributed by atoms with Crippen molar-refractivity contribution in [3.63, 3.8) is 0 Å². The Bertz CT molecular complexity index is 391. The van der Waals surface area contributed by atoms with Crippen molar-refractivity contribution in [1.82, 2.24) is 4.98 Å². The van der Waals surface area contributed by atoms with Gasteiger partial charge in [-0.3, -0.25) is 0 Å². The lowest BCUT2D eigenvalue weighted by atomic mass is 10.1. The molecule has 0 spiro atoms. The zero-order valence-electron chi connectivity index (χ0n) is 7.65. The Labute approximate surface area is 95.8 Å². The summed E-state index contributed by atoms with van der Waals surface area (Å²) < 4.78 is 62.1. The van der Waals surface area contributed by atoms with Crippen molar-refractivity contribution in [2.45, 2.75) is 17.9 Å². The van der Waals surface area contributed by atoms with E-state index in [1.807, 2.05) is 0 Å². The van der Waals surface area contributed by atoms with Crippen LogP contribution in [-0.4, -0.2) is 4.98 Å². The van der Waals surface area contributed by atoms with E-state index in [0.29, 0.717) is 0 Å². The molecule has 0 aromatic carbocycles. The van der Waals surface area contributed by atoms with Gasteiger partial charge in [0.15, 0.2) is 5.69 Å². The van der Waals surface area contributed by atoms with E-state index in [1.165, 1.54) is 0 Å². The standard InChI is InChI=1S/C8H6BrF5N2/c9-2-3-1-4(7(10)11)5(15)6(16-3)8(12,13)14/h1,7H,2,15H2. The Morgan fingerprint density at radius 1 is 1.38 bits per heavy atom. The third-order valence-corrected chi connectivity index (χ3v) is 2.36. The van der Waals surface area contributed by atoms with Crippen molar-refractivity contribution in [3.8, 4) is 0 Å². The molecule has 0 amide bonds. The van der Waals surface area contributed by atoms with Crippen LogP contribution in [0.5, 0.6) is 0 Å². The van der Waals surface area contributed by atoms with Gasteiger partial charge in [0.05, 0.1) is 11.4 Å². The maximum atomic E-state index is 12.4. The molecule has 0 unspecified atom stereocenters. The van der Waals surface area contributed by atoms with Gasteiger partial charge in [0.2, 0.25) is 0 Å². The van der Waals surface area contributed by atoms with Crippen LogP contribution in [-0.2, 0) is 11.5 Å². The molecule has 0 saturated heterocycles. The highest BCUT2D eigenvalue weighted by Gasteiger charge is 2.37. The van der Waals surface area contributed by atoms with Crippen molar-refractivity contribution in [3.05, 3.63) is 23.0 Å². The number of rotatable bonds is 2. The van der Waals surface area contributed by atoms with E-state index in [2.05, 4.69) is 20.9 Å². The average molecular weight is 305 g/mol. The smallest absolute Gasteiger partial charge is 0.397 e. The van der Waals surface area contributed by atoms with Crippen LogP contribution >= 0.6 is 15.9 Å². The maximum Gasteiger partial charge on any atom is 0.435 e. The highest BCUT2D eigenvalue weighted by molar-refractivity contribution is 9.08. The minimum atomic E-state index is -4.84. The molecule has 8 heteroatoms. The van der Waals surface area contributed by atoms with Crippen LogP contribution in [0.2, 0.25) is 0 Å². The van der Waals surface area contributed by atoms with Gasteiger partial charge >= 0.3 is 6.18 Å². The molecule has 16 heavy (non-hydrogen) atoms. The SMILES string of the molecule is Nc1c(C(F)F)cc(CBr)nc1C(F)(F)F. The molecule has 0 aliphatic rings. The van der Waals surface area contributed by atoms with Crippen molar-refractivity contribution < 1.29 is 22.0 Å². The second-order valence-electron chi connectivity index (χ2n) is 2.90. The molecule has 90 valence electrons. The second-order valence-corrected chi connectivity index (χ2v) is 3.46. The van der Waals surface area contributed by atoms with E-state index < -0.39 is 29.5 Å². The van der Waals surface area contributed by atoms with Crippen LogP contribution in [0.4, 0.5) is 27.6 Å². The van der Waals surface area contributed by atoms with Crippen LogP contribution in [0.25, 0.3) is 0 Å². The second kappa shape index (κ2) is 4.52. The molecule has 2 nitrogen and oxygen atoms in total. The first kappa shape index (κ1) is 13.1. The minimum Gasteiger partial charge on any atom is -0.397 e. The van der Waals surface area contributed by atoms with Gasteiger partial charge in [-0.1, -0.05) is 15.9 Å². The molecule has 1 aromatic heterocycles. The van der Waals surface area contributed by atoms with E-state index in [4.69, 9.17) is 5.73 Å². The van der Waals surface area contributed by atoms with Gasteiger partial charge < -0.3 is 5.73 Å². The number of hydrogen-bond acceptors (Lipinski definition) is 2. The fourth-order valence-electron chi connectivity index (χ4n) is 1.10. The van der Waals surface area contributed by atoms with E-state index in [1.54, 1.807) is 0 Å². The molecule has 0 fully saturated rings. The molecular weight excluding hydrogens is 299 g/mol. The van der Waals surface area contributed by atoms with Gasteiger partial charge in [-0.15, -0.1) is 0 Å². The summed E-state index contributed by atoms with van der Waals surface area (Å²) >= 11 is 2.85. The highest BCUT2D eigenvalue weighted by Crippen LogP contribution is 2.37. The van der Waals surface area contributed by atoms with E-state index in [9.17, 15) is 22.0 Å². The molecular formula is C8H6BrF5N2. The summed E-state index contributed by atoms with van der Waals surface area (Å²) in [7, 11) is 0. The lowest BCUT2D eigenvalue weighted by Gasteiger charge is -2.13. The lowest BCUT2D eigenvalue weighted by molar-refractivity contribution is -0.140. The maximum absolute atomic E-state index is 12.4. The number of pyridine rings is 1. The minimum absolute atomic E-state index is 0.0594. The Balaban J connectivity index is 3.44. The molecule has 0 radical (unpaired) electrons. The number of halogens is 6. The summed E-state index contributed by atoms with van der Waals surface area (Å²) in [5, 5.41) is -0.0594. The molecule has 1 rings (SSSR count). The van der Waals surface area contributed by atoms with E-state index in [0.717, 1.165) is 6.07 Å². The number of nitrogen functional groups attached to an aromatic ring is 1. The Kier molecular flexibility index (Phi) is 3.72. The number of anilines is 1. The molecule has 2 N–H and O–H groups in total. The molecule has 0 aliphatic carbocycles. The molecule has 0 aliphatic heterocycles. The molecule has 1 aromatic rings. The monoisotopic (exact) mass is 304 g/mol. The lowest BCUT2D eigenvalue weighted by Crippen LogP contribution is -2.15. The van der Waals surface area contributed by atoms with Gasteiger partial charge in [0.25, 0.3) is 6.43 Å². The topological polar surface area (TPSA) is 38.9 Å². The molecule has 0 atom stereocenters. The van der Waals surface area contributed by atoms with E-state index >= 15 is 0 Å². The number of nitrogens with zero attached hydrogens (tertiary/aromatic N) is 1. The Morgan fingerprint density at radius 3 is 2.31 bits per heavy atom. The quantitative estimate of drug-likeness (QED) is 0.671. The van der Waals surface area contributed by atoms with Crippen molar-refractivity contribution in [1.29, 1.82) is 0 Å². The van der Waals surface area contributed by atoms with Crippen LogP contribution in [0, 0.1) is 0 Å². The van der Waals surface area contributed by atoms with E-state index in [-0.39, 0.29) is 11.0 Å². The first-order valence-electron chi connectivity index (χ1n) is 3.98. The molecule has 0 bridgehead atoms. The summed E-state index contributed by atoms with van der Waals surface area (Å²) in [6, 6.07) is 0.851. The van der Waals surface area contributed by atoms with Gasteiger partial charge in [-0.25, -0.2) is 13.8 Å². The third kappa shape index (κ3) is 2.60. The van der Waals surface area contributed by atoms with Gasteiger partial charge in [-0.2, -0.15) is 13.2 Å². The van der Waals surface area contributed by atoms with Crippen molar-refractivity contribution in [2.24, 2.45) is 0 Å². The molecule has 1 heterocycles. The Morgan fingerprint density at radius 2 is 1.94 bits per heavy atom. The third-order valence-electron chi connectivity index (χ3n) is 1.78. The van der Waals surface area contributed by atoms with Crippen LogP contribution in [0.1, 0.15) is 23.4 Å². The zero-order chi connectivity index (χ0) is 12.5. The van der Waals surface area contributed by atoms with Gasteiger partial charge in [0.1, 0.15) is 0 Å². The molecule has 0 saturated carbocycles. The zero-order valence-corrected chi connectivity index (χ0v) is 9.24.